The van der Waals surface area contributed by atoms with Crippen LogP contribution in [0, 0.1) is 5.92 Å². The van der Waals surface area contributed by atoms with Gasteiger partial charge >= 0.3 is 0 Å². The molecular formula is C24H21N3O4. The molecule has 1 aliphatic rings. The van der Waals surface area contributed by atoms with Gasteiger partial charge < -0.3 is 16.4 Å². The highest BCUT2D eigenvalue weighted by Gasteiger charge is 2.38. The molecule has 7 nitrogen and oxygen atoms in total. The Balaban J connectivity index is 1.70. The van der Waals surface area contributed by atoms with Crippen molar-refractivity contribution in [1.82, 2.24) is 5.32 Å². The first-order chi connectivity index (χ1) is 14.9. The number of benzene rings is 3. The van der Waals surface area contributed by atoms with E-state index < -0.39 is 23.4 Å². The Morgan fingerprint density at radius 2 is 1.74 bits per heavy atom. The normalized spacial score (nSPS) is 15.7. The van der Waals surface area contributed by atoms with E-state index in [9.17, 15) is 19.2 Å². The van der Waals surface area contributed by atoms with Gasteiger partial charge in [0.1, 0.15) is 0 Å². The van der Waals surface area contributed by atoms with Crippen LogP contribution in [0.2, 0.25) is 0 Å². The summed E-state index contributed by atoms with van der Waals surface area (Å²) in [7, 11) is 0. The van der Waals surface area contributed by atoms with E-state index in [4.69, 9.17) is 5.73 Å². The highest BCUT2D eigenvalue weighted by atomic mass is 16.2. The van der Waals surface area contributed by atoms with E-state index in [1.807, 2.05) is 36.4 Å². The zero-order chi connectivity index (χ0) is 22.1. The number of amides is 2. The summed E-state index contributed by atoms with van der Waals surface area (Å²) in [4.78, 5) is 48.5. The van der Waals surface area contributed by atoms with Crippen LogP contribution in [0.15, 0.2) is 55.1 Å². The number of carbonyl (C=O) groups excluding carboxylic acids is 4. The Bertz CT molecular complexity index is 1280. The summed E-state index contributed by atoms with van der Waals surface area (Å²) >= 11 is 0. The number of hydrogen-bond donors (Lipinski definition) is 3. The van der Waals surface area contributed by atoms with Gasteiger partial charge in [0, 0.05) is 24.2 Å². The zero-order valence-electron chi connectivity index (χ0n) is 16.7. The molecule has 0 saturated heterocycles. The third-order valence-electron chi connectivity index (χ3n) is 5.37. The molecule has 0 radical (unpaired) electrons. The number of nitrogens with one attached hydrogen (secondary N) is 2. The smallest absolute Gasteiger partial charge is 0.238 e. The van der Waals surface area contributed by atoms with Gasteiger partial charge in [-0.05, 0) is 63.5 Å². The highest BCUT2D eigenvalue weighted by molar-refractivity contribution is 6.27. The average molecular weight is 415 g/mol. The third kappa shape index (κ3) is 3.95. The number of carbonyl (C=O) groups is 4. The molecule has 1 atom stereocenters. The van der Waals surface area contributed by atoms with E-state index in [2.05, 4.69) is 17.2 Å². The molecule has 0 fully saturated rings. The first kappa shape index (κ1) is 20.4. The molecule has 1 aliphatic carbocycles. The predicted molar refractivity (Wildman–Crippen MR) is 119 cm³/mol. The molecule has 0 saturated carbocycles. The van der Waals surface area contributed by atoms with Crippen LogP contribution in [0.25, 0.3) is 21.5 Å². The number of Topliss-reactive ketones (excluding diaryl/α,β-unsaturated/α-hetero) is 2. The quantitative estimate of drug-likeness (QED) is 0.247. The predicted octanol–water partition coefficient (Wildman–Crippen LogP) is 2.12. The van der Waals surface area contributed by atoms with Crippen LogP contribution >= 0.6 is 0 Å². The van der Waals surface area contributed by atoms with Gasteiger partial charge in [-0.15, -0.1) is 6.58 Å². The summed E-state index contributed by atoms with van der Waals surface area (Å²) in [6, 6.07) is 13.0. The van der Waals surface area contributed by atoms with Crippen LogP contribution in [-0.4, -0.2) is 36.5 Å². The molecule has 0 aliphatic heterocycles. The summed E-state index contributed by atoms with van der Waals surface area (Å²) in [5.74, 6) is -3.50. The number of hydrogen-bond acceptors (Lipinski definition) is 5. The zero-order valence-corrected chi connectivity index (χ0v) is 16.7. The number of anilines is 1. The van der Waals surface area contributed by atoms with Crippen LogP contribution in [0.5, 0.6) is 0 Å². The van der Waals surface area contributed by atoms with Crippen molar-refractivity contribution >= 4 is 50.6 Å². The van der Waals surface area contributed by atoms with Crippen LogP contribution in [-0.2, 0) is 20.8 Å². The lowest BCUT2D eigenvalue weighted by Gasteiger charge is -2.21. The minimum absolute atomic E-state index is 0.00746. The lowest BCUT2D eigenvalue weighted by Crippen LogP contribution is -2.41. The SMILES string of the molecule is C=CCNCC(=O)Nc1ccc2cc3cc4c(cc3cc2c1)C(=O)C(C(N)=O)C(=O)C4. The van der Waals surface area contributed by atoms with E-state index >= 15 is 0 Å². The number of fused-ring (bicyclic) bond motifs is 3. The standard InChI is InChI=1S/C24H21N3O4/c1-2-5-26-12-21(29)27-18-4-3-13-6-14-8-17-11-20(28)22(24(25)31)23(30)19(17)10-16(14)7-15(13)9-18/h2-4,6-10,22,26H,1,5,11-12H2,(H2,25,31)(H,27,29). The van der Waals surface area contributed by atoms with Crippen molar-refractivity contribution in [2.45, 2.75) is 6.42 Å². The molecule has 4 rings (SSSR count). The summed E-state index contributed by atoms with van der Waals surface area (Å²) in [5.41, 5.74) is 6.88. The molecule has 156 valence electrons. The Labute approximate surface area is 178 Å². The second-order valence-corrected chi connectivity index (χ2v) is 7.58. The first-order valence-corrected chi connectivity index (χ1v) is 9.85. The second kappa shape index (κ2) is 8.12. The summed E-state index contributed by atoms with van der Waals surface area (Å²) in [6.45, 7) is 4.31. The average Bonchev–Trinajstić information content (AvgIpc) is 2.71. The summed E-state index contributed by atoms with van der Waals surface area (Å²) < 4.78 is 0. The highest BCUT2D eigenvalue weighted by Crippen LogP contribution is 2.31. The number of primary amides is 1. The van der Waals surface area contributed by atoms with E-state index in [0.717, 1.165) is 21.5 Å². The Morgan fingerprint density at radius 1 is 1.03 bits per heavy atom. The molecule has 1 unspecified atom stereocenters. The van der Waals surface area contributed by atoms with Crippen molar-refractivity contribution in [1.29, 1.82) is 0 Å². The molecule has 31 heavy (non-hydrogen) atoms. The lowest BCUT2D eigenvalue weighted by molar-refractivity contribution is -0.130. The molecule has 0 heterocycles. The van der Waals surface area contributed by atoms with Gasteiger partial charge in [0.2, 0.25) is 11.8 Å². The van der Waals surface area contributed by atoms with Crippen molar-refractivity contribution in [2.75, 3.05) is 18.4 Å². The number of rotatable bonds is 6. The largest absolute Gasteiger partial charge is 0.369 e. The second-order valence-electron chi connectivity index (χ2n) is 7.58. The third-order valence-corrected chi connectivity index (χ3v) is 5.37. The van der Waals surface area contributed by atoms with Gasteiger partial charge in [-0.25, -0.2) is 0 Å². The fourth-order valence-corrected chi connectivity index (χ4v) is 3.92. The van der Waals surface area contributed by atoms with Gasteiger partial charge in [-0.1, -0.05) is 12.1 Å². The maximum absolute atomic E-state index is 12.7. The molecule has 3 aromatic carbocycles. The van der Waals surface area contributed by atoms with E-state index in [1.54, 1.807) is 12.1 Å². The molecule has 7 heteroatoms. The minimum Gasteiger partial charge on any atom is -0.369 e. The van der Waals surface area contributed by atoms with Crippen LogP contribution < -0.4 is 16.4 Å². The lowest BCUT2D eigenvalue weighted by atomic mass is 9.80. The van der Waals surface area contributed by atoms with Gasteiger partial charge in [0.15, 0.2) is 17.5 Å². The van der Waals surface area contributed by atoms with Crippen LogP contribution in [0.1, 0.15) is 15.9 Å². The minimum atomic E-state index is -1.41. The molecule has 3 aromatic rings. The van der Waals surface area contributed by atoms with Crippen molar-refractivity contribution < 1.29 is 19.2 Å². The van der Waals surface area contributed by atoms with Crippen LogP contribution in [0.4, 0.5) is 5.69 Å². The van der Waals surface area contributed by atoms with Gasteiger partial charge in [0.05, 0.1) is 6.54 Å². The Kier molecular flexibility index (Phi) is 5.35. The molecular weight excluding hydrogens is 394 g/mol. The number of ketones is 2. The van der Waals surface area contributed by atoms with Crippen molar-refractivity contribution in [3.8, 4) is 0 Å². The maximum atomic E-state index is 12.7. The molecule has 0 bridgehead atoms. The monoisotopic (exact) mass is 415 g/mol. The van der Waals surface area contributed by atoms with Gasteiger partial charge in [-0.2, -0.15) is 0 Å². The van der Waals surface area contributed by atoms with Crippen molar-refractivity contribution in [3.05, 3.63) is 66.2 Å². The molecule has 4 N–H and O–H groups in total. The fourth-order valence-electron chi connectivity index (χ4n) is 3.92. The van der Waals surface area contributed by atoms with E-state index in [1.165, 1.54) is 0 Å². The summed E-state index contributed by atoms with van der Waals surface area (Å²) in [6.07, 6.45) is 1.69. The molecule has 0 aromatic heterocycles. The summed E-state index contributed by atoms with van der Waals surface area (Å²) in [5, 5.41) is 9.31. The topological polar surface area (TPSA) is 118 Å². The van der Waals surface area contributed by atoms with E-state index in [-0.39, 0.29) is 18.9 Å². The van der Waals surface area contributed by atoms with Crippen molar-refractivity contribution in [2.24, 2.45) is 11.7 Å². The first-order valence-electron chi connectivity index (χ1n) is 9.85. The molecule has 0 spiro atoms. The maximum Gasteiger partial charge on any atom is 0.238 e. The Hall–Kier alpha value is -3.84. The fraction of sp³-hybridized carbons (Fsp3) is 0.167. The van der Waals surface area contributed by atoms with E-state index in [0.29, 0.717) is 23.4 Å². The Morgan fingerprint density at radius 3 is 2.48 bits per heavy atom. The number of nitrogens with two attached hydrogens (primary N) is 1. The van der Waals surface area contributed by atoms with Gasteiger partial charge in [-0.3, -0.25) is 19.2 Å². The van der Waals surface area contributed by atoms with Gasteiger partial charge in [0.25, 0.3) is 0 Å². The van der Waals surface area contributed by atoms with Crippen molar-refractivity contribution in [3.63, 3.8) is 0 Å². The van der Waals surface area contributed by atoms with Crippen LogP contribution in [0.3, 0.4) is 0 Å². The molecule has 2 amide bonds.